The maximum Gasteiger partial charge on any atom is 0.270 e. The van der Waals surface area contributed by atoms with Crippen LogP contribution in [0.4, 0.5) is 10.2 Å². The number of halogens is 1. The van der Waals surface area contributed by atoms with E-state index in [0.717, 1.165) is 46.2 Å². The molecule has 1 aliphatic carbocycles. The fourth-order valence-electron chi connectivity index (χ4n) is 4.77. The van der Waals surface area contributed by atoms with Crippen LogP contribution < -0.4 is 5.73 Å². The molecule has 0 saturated heterocycles. The third-order valence-electron chi connectivity index (χ3n) is 6.69. The van der Waals surface area contributed by atoms with E-state index in [-0.39, 0.29) is 17.8 Å². The second-order valence-electron chi connectivity index (χ2n) is 8.68. The van der Waals surface area contributed by atoms with E-state index in [1.54, 1.807) is 24.1 Å². The number of anilines is 1. The number of benzene rings is 1. The third-order valence-corrected chi connectivity index (χ3v) is 6.69. The van der Waals surface area contributed by atoms with Gasteiger partial charge in [0.05, 0.1) is 43.5 Å². The first-order chi connectivity index (χ1) is 15.0. The molecule has 8 heteroatoms. The third kappa shape index (κ3) is 2.93. The summed E-state index contributed by atoms with van der Waals surface area (Å²) >= 11 is 0. The number of likely N-dealkylation sites (N-methyl/N-ethyl adjacent to an activating group) is 1. The van der Waals surface area contributed by atoms with Gasteiger partial charge in [0.15, 0.2) is 0 Å². The van der Waals surface area contributed by atoms with Gasteiger partial charge in [0.2, 0.25) is 0 Å². The summed E-state index contributed by atoms with van der Waals surface area (Å²) in [6.07, 6.45) is 2.07. The first-order valence-electron chi connectivity index (χ1n) is 10.6. The summed E-state index contributed by atoms with van der Waals surface area (Å²) in [6.45, 7) is 1.63. The number of nitrogens with one attached hydrogen (secondary N) is 1. The van der Waals surface area contributed by atoms with Crippen molar-refractivity contribution in [2.45, 2.75) is 44.6 Å². The van der Waals surface area contributed by atoms with Gasteiger partial charge in [0.1, 0.15) is 17.3 Å². The number of nitrogens with zero attached hydrogens (tertiary/aromatic N) is 2. The molecule has 7 nitrogen and oxygen atoms in total. The Balaban J connectivity index is 1.35. The second-order valence-corrected chi connectivity index (χ2v) is 8.68. The first-order valence-corrected chi connectivity index (χ1v) is 10.6. The van der Waals surface area contributed by atoms with E-state index in [4.69, 9.17) is 15.2 Å². The van der Waals surface area contributed by atoms with E-state index in [9.17, 15) is 9.18 Å². The quantitative estimate of drug-likeness (QED) is 0.674. The number of aromatic amines is 1. The van der Waals surface area contributed by atoms with Gasteiger partial charge < -0.3 is 25.1 Å². The normalized spacial score (nSPS) is 20.0. The molecule has 31 heavy (non-hydrogen) atoms. The van der Waals surface area contributed by atoms with Crippen LogP contribution in [0.25, 0.3) is 11.0 Å². The van der Waals surface area contributed by atoms with E-state index < -0.39 is 0 Å². The van der Waals surface area contributed by atoms with Crippen LogP contribution >= 0.6 is 0 Å². The van der Waals surface area contributed by atoms with E-state index in [1.165, 1.54) is 0 Å². The SMILES string of the molecule is CN(C(=O)c1cc2nc(N)c3c(c2[nH]1)COC3)[C@@H]1COCc2cc(C3CC3)c(F)cc21. The van der Waals surface area contributed by atoms with E-state index in [0.29, 0.717) is 49.4 Å². The van der Waals surface area contributed by atoms with Crippen LogP contribution in [0.3, 0.4) is 0 Å². The number of hydrogen-bond acceptors (Lipinski definition) is 5. The Bertz CT molecular complexity index is 1230. The maximum atomic E-state index is 14.8. The Morgan fingerprint density at radius 2 is 1.97 bits per heavy atom. The maximum absolute atomic E-state index is 14.8. The summed E-state index contributed by atoms with van der Waals surface area (Å²) in [5.41, 5.74) is 12.2. The molecule has 3 aromatic rings. The number of fused-ring (bicyclic) bond motifs is 4. The molecule has 0 radical (unpaired) electrons. The number of hydrogen-bond donors (Lipinski definition) is 2. The lowest BCUT2D eigenvalue weighted by Gasteiger charge is -2.33. The molecule has 1 atom stereocenters. The molecule has 4 heterocycles. The van der Waals surface area contributed by atoms with Crippen LogP contribution in [-0.2, 0) is 29.3 Å². The molecule has 1 aromatic carbocycles. The molecule has 1 fully saturated rings. The van der Waals surface area contributed by atoms with Gasteiger partial charge in [-0.25, -0.2) is 9.37 Å². The van der Waals surface area contributed by atoms with Crippen molar-refractivity contribution in [1.82, 2.24) is 14.9 Å². The Kier molecular flexibility index (Phi) is 4.10. The largest absolute Gasteiger partial charge is 0.383 e. The lowest BCUT2D eigenvalue weighted by atomic mass is 9.94. The minimum absolute atomic E-state index is 0.185. The Morgan fingerprint density at radius 3 is 2.77 bits per heavy atom. The molecule has 3 N–H and O–H groups in total. The smallest absolute Gasteiger partial charge is 0.270 e. The molecule has 2 aliphatic heterocycles. The Hall–Kier alpha value is -2.97. The highest BCUT2D eigenvalue weighted by Crippen LogP contribution is 2.43. The van der Waals surface area contributed by atoms with Gasteiger partial charge in [-0.05, 0) is 53.6 Å². The number of nitrogens with two attached hydrogens (primary N) is 1. The topological polar surface area (TPSA) is 93.5 Å². The molecule has 6 rings (SSSR count). The predicted molar refractivity (Wildman–Crippen MR) is 112 cm³/mol. The minimum Gasteiger partial charge on any atom is -0.383 e. The van der Waals surface area contributed by atoms with E-state index in [1.807, 2.05) is 6.07 Å². The van der Waals surface area contributed by atoms with Crippen molar-refractivity contribution in [2.75, 3.05) is 19.4 Å². The molecule has 3 aliphatic rings. The van der Waals surface area contributed by atoms with Gasteiger partial charge in [-0.3, -0.25) is 4.79 Å². The molecular weight excluding hydrogens is 399 g/mol. The number of rotatable bonds is 3. The first kappa shape index (κ1) is 18.8. The van der Waals surface area contributed by atoms with Crippen LogP contribution in [-0.4, -0.2) is 34.4 Å². The lowest BCUT2D eigenvalue weighted by molar-refractivity contribution is 0.0341. The van der Waals surface area contributed by atoms with Crippen molar-refractivity contribution in [3.8, 4) is 0 Å². The Morgan fingerprint density at radius 1 is 1.16 bits per heavy atom. The van der Waals surface area contributed by atoms with Crippen molar-refractivity contribution >= 4 is 22.8 Å². The standard InChI is InChI=1S/C23H23FN4O3/c1-28(20-10-30-7-12-4-13(11-2-3-11)17(24)5-14(12)20)23(29)19-6-18-21(26-19)15-8-31-9-16(15)22(25)27-18/h4-6,11,20,26H,2-3,7-10H2,1H3,(H2,25,27)/t20-/m1/s1. The number of carbonyl (C=O) groups is 1. The zero-order chi connectivity index (χ0) is 21.3. The molecule has 160 valence electrons. The highest BCUT2D eigenvalue weighted by atomic mass is 19.1. The number of pyridine rings is 1. The summed E-state index contributed by atoms with van der Waals surface area (Å²) in [5.74, 6) is 0.358. The van der Waals surface area contributed by atoms with Crippen LogP contribution in [0.15, 0.2) is 18.2 Å². The predicted octanol–water partition coefficient (Wildman–Crippen LogP) is 3.54. The second kappa shape index (κ2) is 6.77. The van der Waals surface area contributed by atoms with Gasteiger partial charge in [-0.1, -0.05) is 0 Å². The van der Waals surface area contributed by atoms with Gasteiger partial charge >= 0.3 is 0 Å². The van der Waals surface area contributed by atoms with Gasteiger partial charge in [0.25, 0.3) is 5.91 Å². The lowest BCUT2D eigenvalue weighted by Crippen LogP contribution is -2.36. The van der Waals surface area contributed by atoms with Crippen molar-refractivity contribution in [3.63, 3.8) is 0 Å². The zero-order valence-electron chi connectivity index (χ0n) is 17.2. The van der Waals surface area contributed by atoms with Crippen molar-refractivity contribution in [1.29, 1.82) is 0 Å². The number of nitrogen functional groups attached to an aromatic ring is 1. The van der Waals surface area contributed by atoms with Crippen LogP contribution in [0.5, 0.6) is 0 Å². The molecule has 0 unspecified atom stereocenters. The number of carbonyl (C=O) groups excluding carboxylic acids is 1. The fourth-order valence-corrected chi connectivity index (χ4v) is 4.77. The molecule has 1 amide bonds. The highest BCUT2D eigenvalue weighted by molar-refractivity contribution is 5.98. The zero-order valence-corrected chi connectivity index (χ0v) is 17.2. The van der Waals surface area contributed by atoms with Crippen LogP contribution in [0.1, 0.15) is 63.1 Å². The van der Waals surface area contributed by atoms with E-state index in [2.05, 4.69) is 9.97 Å². The molecule has 1 saturated carbocycles. The van der Waals surface area contributed by atoms with Crippen LogP contribution in [0.2, 0.25) is 0 Å². The Labute approximate surface area is 178 Å². The van der Waals surface area contributed by atoms with Crippen molar-refractivity contribution in [3.05, 3.63) is 57.5 Å². The fraction of sp³-hybridized carbons (Fsp3) is 0.391. The van der Waals surface area contributed by atoms with Gasteiger partial charge in [0, 0.05) is 18.2 Å². The molecule has 2 aromatic heterocycles. The molecule has 0 bridgehead atoms. The highest BCUT2D eigenvalue weighted by Gasteiger charge is 2.33. The summed E-state index contributed by atoms with van der Waals surface area (Å²) in [5, 5.41) is 0. The van der Waals surface area contributed by atoms with Crippen molar-refractivity contribution in [2.24, 2.45) is 0 Å². The number of amides is 1. The summed E-state index contributed by atoms with van der Waals surface area (Å²) in [6, 6.07) is 4.87. The van der Waals surface area contributed by atoms with Gasteiger partial charge in [-0.2, -0.15) is 0 Å². The average Bonchev–Trinajstić information content (AvgIpc) is 3.31. The van der Waals surface area contributed by atoms with Crippen molar-refractivity contribution < 1.29 is 18.7 Å². The molecule has 0 spiro atoms. The number of H-pyrrole nitrogens is 1. The number of aromatic nitrogens is 2. The summed E-state index contributed by atoms with van der Waals surface area (Å²) < 4.78 is 26.0. The summed E-state index contributed by atoms with van der Waals surface area (Å²) in [7, 11) is 1.72. The number of ether oxygens (including phenoxy) is 2. The van der Waals surface area contributed by atoms with E-state index >= 15 is 0 Å². The van der Waals surface area contributed by atoms with Crippen LogP contribution in [0, 0.1) is 5.82 Å². The van der Waals surface area contributed by atoms with Gasteiger partial charge in [-0.15, -0.1) is 0 Å². The minimum atomic E-state index is -0.363. The summed E-state index contributed by atoms with van der Waals surface area (Å²) in [4.78, 5) is 22.6. The average molecular weight is 422 g/mol. The monoisotopic (exact) mass is 422 g/mol. The molecular formula is C23H23FN4O3.